The summed E-state index contributed by atoms with van der Waals surface area (Å²) in [5.74, 6) is 0.520. The van der Waals surface area contributed by atoms with Gasteiger partial charge in [-0.15, -0.1) is 0 Å². The Balaban J connectivity index is 1.49. The van der Waals surface area contributed by atoms with E-state index in [4.69, 9.17) is 14.2 Å². The predicted molar refractivity (Wildman–Crippen MR) is 159 cm³/mol. The van der Waals surface area contributed by atoms with E-state index in [1.54, 1.807) is 7.11 Å². The van der Waals surface area contributed by atoms with Crippen LogP contribution in [0.1, 0.15) is 61.6 Å². The molecule has 0 saturated carbocycles. The fraction of sp³-hybridized carbons (Fsp3) is 0.314. The number of ketones is 1. The molecule has 1 heterocycles. The van der Waals surface area contributed by atoms with Gasteiger partial charge in [0.25, 0.3) is 0 Å². The van der Waals surface area contributed by atoms with Crippen LogP contribution in [0.4, 0.5) is 0 Å². The number of nitrogens with one attached hydrogen (secondary N) is 1. The molecule has 1 aliphatic carbocycles. The van der Waals surface area contributed by atoms with Crippen LogP contribution in [0.15, 0.2) is 101 Å². The van der Waals surface area contributed by atoms with Crippen molar-refractivity contribution < 1.29 is 23.8 Å². The first-order chi connectivity index (χ1) is 20.0. The zero-order valence-corrected chi connectivity index (χ0v) is 23.9. The van der Waals surface area contributed by atoms with Gasteiger partial charge in [0.1, 0.15) is 11.5 Å². The molecule has 41 heavy (non-hydrogen) atoms. The number of benzene rings is 3. The molecule has 1 N–H and O–H groups in total. The van der Waals surface area contributed by atoms with Crippen molar-refractivity contribution in [3.05, 3.63) is 118 Å². The van der Waals surface area contributed by atoms with Crippen LogP contribution in [0.3, 0.4) is 0 Å². The Morgan fingerprint density at radius 2 is 1.66 bits per heavy atom. The average Bonchev–Trinajstić information content (AvgIpc) is 3.00. The van der Waals surface area contributed by atoms with Gasteiger partial charge in [0.05, 0.1) is 31.8 Å². The molecule has 212 valence electrons. The van der Waals surface area contributed by atoms with Crippen molar-refractivity contribution in [1.29, 1.82) is 0 Å². The molecule has 0 radical (unpaired) electrons. The van der Waals surface area contributed by atoms with Crippen LogP contribution in [0, 0.1) is 0 Å². The Morgan fingerprint density at radius 1 is 0.927 bits per heavy atom. The first-order valence-electron chi connectivity index (χ1n) is 14.3. The van der Waals surface area contributed by atoms with E-state index in [1.807, 2.05) is 85.8 Å². The smallest absolute Gasteiger partial charge is 0.336 e. The van der Waals surface area contributed by atoms with Gasteiger partial charge in [-0.3, -0.25) is 4.79 Å². The largest absolute Gasteiger partial charge is 0.497 e. The van der Waals surface area contributed by atoms with Crippen molar-refractivity contribution in [2.24, 2.45) is 0 Å². The molecule has 2 aliphatic rings. The van der Waals surface area contributed by atoms with Gasteiger partial charge in [-0.2, -0.15) is 0 Å². The summed E-state index contributed by atoms with van der Waals surface area (Å²) in [6, 6.07) is 25.6. The van der Waals surface area contributed by atoms with Crippen molar-refractivity contribution in [3.8, 4) is 11.5 Å². The summed E-state index contributed by atoms with van der Waals surface area (Å²) in [6.45, 7) is 4.74. The quantitative estimate of drug-likeness (QED) is 0.285. The van der Waals surface area contributed by atoms with Gasteiger partial charge < -0.3 is 19.5 Å². The molecule has 0 bridgehead atoms. The number of esters is 1. The van der Waals surface area contributed by atoms with Crippen LogP contribution in [-0.4, -0.2) is 32.1 Å². The number of rotatable bonds is 10. The van der Waals surface area contributed by atoms with E-state index in [2.05, 4.69) is 12.2 Å². The van der Waals surface area contributed by atoms with Crippen molar-refractivity contribution >= 4 is 11.8 Å². The summed E-state index contributed by atoms with van der Waals surface area (Å²) in [5.41, 5.74) is 5.63. The third-order valence-electron chi connectivity index (χ3n) is 7.79. The van der Waals surface area contributed by atoms with Crippen molar-refractivity contribution in [3.63, 3.8) is 0 Å². The maximum Gasteiger partial charge on any atom is 0.336 e. The molecule has 0 unspecified atom stereocenters. The van der Waals surface area contributed by atoms with Gasteiger partial charge in [0.15, 0.2) is 5.78 Å². The Hall–Kier alpha value is -4.32. The first kappa shape index (κ1) is 28.2. The Labute approximate surface area is 242 Å². The summed E-state index contributed by atoms with van der Waals surface area (Å²) in [6.07, 6.45) is 2.48. The summed E-state index contributed by atoms with van der Waals surface area (Å²) < 4.78 is 17.3. The molecule has 3 aromatic carbocycles. The Kier molecular flexibility index (Phi) is 8.88. The monoisotopic (exact) mass is 551 g/mol. The van der Waals surface area contributed by atoms with E-state index >= 15 is 0 Å². The van der Waals surface area contributed by atoms with Crippen molar-refractivity contribution in [2.45, 2.75) is 51.4 Å². The van der Waals surface area contributed by atoms with Crippen LogP contribution in [0.5, 0.6) is 11.5 Å². The second kappa shape index (κ2) is 12.9. The maximum atomic E-state index is 14.0. The zero-order valence-electron chi connectivity index (χ0n) is 23.9. The van der Waals surface area contributed by atoms with Gasteiger partial charge in [0, 0.05) is 35.4 Å². The third kappa shape index (κ3) is 6.22. The molecule has 0 spiro atoms. The SMILES string of the molecule is CCCOc1ccccc1[C@@H]1C(C(=O)OCCc2ccccc2)=C(C)NC2=C1C(=O)C[C@H](c1ccc(OC)cc1)C2. The summed E-state index contributed by atoms with van der Waals surface area (Å²) in [4.78, 5) is 27.7. The number of para-hydroxylation sites is 1. The zero-order chi connectivity index (χ0) is 28.8. The van der Waals surface area contributed by atoms with Crippen LogP contribution < -0.4 is 14.8 Å². The topological polar surface area (TPSA) is 73.9 Å². The molecule has 5 rings (SSSR count). The van der Waals surface area contributed by atoms with Gasteiger partial charge in [-0.05, 0) is 55.0 Å². The highest BCUT2D eigenvalue weighted by Crippen LogP contribution is 2.47. The highest BCUT2D eigenvalue weighted by atomic mass is 16.5. The Morgan fingerprint density at radius 3 is 2.39 bits per heavy atom. The number of hydrogen-bond donors (Lipinski definition) is 1. The fourth-order valence-corrected chi connectivity index (χ4v) is 5.78. The highest BCUT2D eigenvalue weighted by Gasteiger charge is 2.42. The summed E-state index contributed by atoms with van der Waals surface area (Å²) >= 11 is 0. The van der Waals surface area contributed by atoms with Crippen molar-refractivity contribution in [1.82, 2.24) is 5.32 Å². The summed E-state index contributed by atoms with van der Waals surface area (Å²) in [5, 5.41) is 3.44. The molecule has 0 aromatic heterocycles. The number of ether oxygens (including phenoxy) is 3. The van der Waals surface area contributed by atoms with Gasteiger partial charge in [0.2, 0.25) is 0 Å². The molecule has 3 aromatic rings. The number of carbonyl (C=O) groups excluding carboxylic acids is 2. The van der Waals surface area contributed by atoms with E-state index in [-0.39, 0.29) is 18.3 Å². The van der Waals surface area contributed by atoms with Crippen LogP contribution >= 0.6 is 0 Å². The van der Waals surface area contributed by atoms with Crippen LogP contribution in [0.2, 0.25) is 0 Å². The molecule has 0 amide bonds. The van der Waals surface area contributed by atoms with Gasteiger partial charge >= 0.3 is 5.97 Å². The van der Waals surface area contributed by atoms with Gasteiger partial charge in [-0.25, -0.2) is 4.79 Å². The lowest BCUT2D eigenvalue weighted by atomic mass is 9.71. The molecule has 0 saturated heterocycles. The molecule has 6 nitrogen and oxygen atoms in total. The molecule has 6 heteroatoms. The fourth-order valence-electron chi connectivity index (χ4n) is 5.78. The second-order valence-corrected chi connectivity index (χ2v) is 10.5. The number of hydrogen-bond acceptors (Lipinski definition) is 6. The minimum Gasteiger partial charge on any atom is -0.497 e. The Bertz CT molecular complexity index is 1460. The lowest BCUT2D eigenvalue weighted by molar-refractivity contribution is -0.139. The van der Waals surface area contributed by atoms with E-state index in [1.165, 1.54) is 0 Å². The lowest BCUT2D eigenvalue weighted by Crippen LogP contribution is -2.36. The molecular weight excluding hydrogens is 514 g/mol. The van der Waals surface area contributed by atoms with E-state index < -0.39 is 11.9 Å². The van der Waals surface area contributed by atoms with E-state index in [9.17, 15) is 9.59 Å². The van der Waals surface area contributed by atoms with E-state index in [0.717, 1.165) is 34.6 Å². The van der Waals surface area contributed by atoms with E-state index in [0.29, 0.717) is 48.5 Å². The minimum atomic E-state index is -0.576. The first-order valence-corrected chi connectivity index (χ1v) is 14.3. The number of carbonyl (C=O) groups is 2. The van der Waals surface area contributed by atoms with Crippen molar-refractivity contribution in [2.75, 3.05) is 20.3 Å². The number of Topliss-reactive ketones (excluding diaryl/α,β-unsaturated/α-hetero) is 1. The van der Waals surface area contributed by atoms with Crippen LogP contribution in [-0.2, 0) is 20.7 Å². The molecular formula is C35H37NO5. The number of methoxy groups -OCH3 is 1. The molecule has 1 aliphatic heterocycles. The number of dihydropyridines is 1. The predicted octanol–water partition coefficient (Wildman–Crippen LogP) is 6.63. The lowest BCUT2D eigenvalue weighted by Gasteiger charge is -2.37. The average molecular weight is 552 g/mol. The molecule has 0 fully saturated rings. The third-order valence-corrected chi connectivity index (χ3v) is 7.79. The summed E-state index contributed by atoms with van der Waals surface area (Å²) in [7, 11) is 1.64. The minimum absolute atomic E-state index is 0.0250. The molecule has 2 atom stereocenters. The van der Waals surface area contributed by atoms with Gasteiger partial charge in [-0.1, -0.05) is 67.6 Å². The second-order valence-electron chi connectivity index (χ2n) is 10.5. The number of allylic oxidation sites excluding steroid dienone is 3. The normalized spacial score (nSPS) is 18.5. The highest BCUT2D eigenvalue weighted by molar-refractivity contribution is 6.04. The maximum absolute atomic E-state index is 14.0. The van der Waals surface area contributed by atoms with Crippen LogP contribution in [0.25, 0.3) is 0 Å². The standard InChI is InChI=1S/C35H37NO5/c1-4-19-40-31-13-9-8-12-28(31)33-32(35(38)41-20-18-24-10-6-5-7-11-24)23(2)36-29-21-26(22-30(37)34(29)33)25-14-16-27(39-3)17-15-25/h5-17,26,33,36H,4,18-22H2,1-3H3/t26-,33-/m1/s1.